The van der Waals surface area contributed by atoms with E-state index in [9.17, 15) is 37.3 Å². The summed E-state index contributed by atoms with van der Waals surface area (Å²) >= 11 is 0. The summed E-state index contributed by atoms with van der Waals surface area (Å²) in [5.74, 6) is -2.92. The highest BCUT2D eigenvalue weighted by Crippen LogP contribution is 2.41. The van der Waals surface area contributed by atoms with Crippen molar-refractivity contribution in [3.05, 3.63) is 64.2 Å². The number of alkyl halides is 3. The standard InChI is InChI=1S/C31H30F4N8O6/c1-18(45)42(31-36-7-4-26(37-31)41-16-19(17-44)22-3-2-20(32)14-23(22)41)25-15-24(43(46)47)29(38-30(25)49-28(35)27(33)34)40-8-5-21(6-9-40)39-10-12-48-13-11-39/h2-4,7,14-17,21,27-28H,5-6,8-13H2,1H3. The number of piperidine rings is 1. The molecule has 2 saturated heterocycles. The monoisotopic (exact) mass is 686 g/mol. The van der Waals surface area contributed by atoms with Crippen molar-refractivity contribution in [2.75, 3.05) is 49.2 Å². The number of morpholine rings is 1. The van der Waals surface area contributed by atoms with Crippen LogP contribution in [0.15, 0.2) is 42.7 Å². The van der Waals surface area contributed by atoms with Crippen LogP contribution in [0.5, 0.6) is 5.88 Å². The van der Waals surface area contributed by atoms with Crippen LogP contribution in [-0.4, -0.2) is 99.8 Å². The van der Waals surface area contributed by atoms with Gasteiger partial charge in [0.1, 0.15) is 17.3 Å². The van der Waals surface area contributed by atoms with Crippen molar-refractivity contribution >= 4 is 46.2 Å². The van der Waals surface area contributed by atoms with Gasteiger partial charge in [0.15, 0.2) is 6.29 Å². The summed E-state index contributed by atoms with van der Waals surface area (Å²) in [4.78, 5) is 53.8. The molecule has 6 rings (SSSR count). The number of carbonyl (C=O) groups excluding carboxylic acids is 2. The molecule has 18 heteroatoms. The molecule has 14 nitrogen and oxygen atoms in total. The topological polar surface area (TPSA) is 149 Å². The maximum atomic E-state index is 14.5. The zero-order valence-electron chi connectivity index (χ0n) is 26.0. The molecule has 0 N–H and O–H groups in total. The quantitative estimate of drug-likeness (QED) is 0.0997. The molecule has 1 amide bonds. The first-order valence-electron chi connectivity index (χ1n) is 15.3. The van der Waals surface area contributed by atoms with E-state index in [1.165, 1.54) is 41.2 Å². The molecule has 5 heterocycles. The van der Waals surface area contributed by atoms with Gasteiger partial charge in [-0.15, -0.1) is 0 Å². The number of aldehydes is 1. The van der Waals surface area contributed by atoms with Crippen molar-refractivity contribution in [2.24, 2.45) is 0 Å². The van der Waals surface area contributed by atoms with E-state index in [1.807, 2.05) is 0 Å². The van der Waals surface area contributed by atoms with Gasteiger partial charge in [-0.3, -0.25) is 24.6 Å². The predicted octanol–water partition coefficient (Wildman–Crippen LogP) is 4.60. The summed E-state index contributed by atoms with van der Waals surface area (Å²) in [5, 5.41) is 12.8. The molecular weight excluding hydrogens is 656 g/mol. The maximum absolute atomic E-state index is 14.5. The number of nitro groups is 1. The number of hydrogen-bond donors (Lipinski definition) is 0. The summed E-state index contributed by atoms with van der Waals surface area (Å²) in [5.41, 5.74) is -0.700. The molecule has 2 fully saturated rings. The van der Waals surface area contributed by atoms with E-state index >= 15 is 0 Å². The number of carbonyl (C=O) groups is 2. The number of anilines is 3. The van der Waals surface area contributed by atoms with Gasteiger partial charge in [0.25, 0.3) is 6.36 Å². The average molecular weight is 687 g/mol. The van der Waals surface area contributed by atoms with Crippen molar-refractivity contribution in [2.45, 2.75) is 38.6 Å². The fourth-order valence-corrected chi connectivity index (χ4v) is 6.13. The van der Waals surface area contributed by atoms with Gasteiger partial charge in [0, 0.05) is 68.6 Å². The summed E-state index contributed by atoms with van der Waals surface area (Å²) in [7, 11) is 0. The third kappa shape index (κ3) is 6.86. The van der Waals surface area contributed by atoms with Crippen molar-refractivity contribution in [3.8, 4) is 11.7 Å². The number of benzene rings is 1. The second kappa shape index (κ2) is 14.1. The van der Waals surface area contributed by atoms with E-state index in [4.69, 9.17) is 9.47 Å². The largest absolute Gasteiger partial charge is 0.435 e. The van der Waals surface area contributed by atoms with Crippen LogP contribution < -0.4 is 14.5 Å². The minimum atomic E-state index is -3.61. The zero-order chi connectivity index (χ0) is 34.8. The fraction of sp³-hybridized carbons (Fsp3) is 0.387. The smallest absolute Gasteiger partial charge is 0.313 e. The molecule has 1 aromatic carbocycles. The van der Waals surface area contributed by atoms with E-state index in [-0.39, 0.29) is 28.8 Å². The number of aromatic nitrogens is 4. The van der Waals surface area contributed by atoms with Gasteiger partial charge in [-0.1, -0.05) is 0 Å². The normalized spacial score (nSPS) is 16.6. The van der Waals surface area contributed by atoms with E-state index < -0.39 is 52.6 Å². The highest BCUT2D eigenvalue weighted by atomic mass is 19.3. The Morgan fingerprint density at radius 3 is 2.51 bits per heavy atom. The maximum Gasteiger partial charge on any atom is 0.313 e. The third-order valence-corrected chi connectivity index (χ3v) is 8.43. The number of amides is 1. The van der Waals surface area contributed by atoms with E-state index in [0.717, 1.165) is 26.1 Å². The molecule has 1 unspecified atom stereocenters. The molecular formula is C31H30F4N8O6. The molecule has 0 aliphatic carbocycles. The van der Waals surface area contributed by atoms with Gasteiger partial charge < -0.3 is 18.9 Å². The van der Waals surface area contributed by atoms with Crippen molar-refractivity contribution < 1.29 is 41.5 Å². The van der Waals surface area contributed by atoms with Crippen LogP contribution in [0.4, 0.5) is 40.7 Å². The lowest BCUT2D eigenvalue weighted by molar-refractivity contribution is -0.384. The molecule has 0 spiro atoms. The molecule has 3 aromatic heterocycles. The minimum absolute atomic E-state index is 0.0422. The first kappa shape index (κ1) is 33.7. The van der Waals surface area contributed by atoms with Gasteiger partial charge in [-0.2, -0.15) is 14.4 Å². The molecule has 0 radical (unpaired) electrons. The highest BCUT2D eigenvalue weighted by molar-refractivity contribution is 6.00. The molecule has 2 aliphatic heterocycles. The zero-order valence-corrected chi connectivity index (χ0v) is 26.0. The van der Waals surface area contributed by atoms with E-state index in [2.05, 4.69) is 19.9 Å². The first-order chi connectivity index (χ1) is 23.5. The second-order valence-corrected chi connectivity index (χ2v) is 11.4. The Bertz CT molecular complexity index is 1880. The summed E-state index contributed by atoms with van der Waals surface area (Å²) in [6.07, 6.45) is -2.42. The Kier molecular flexibility index (Phi) is 9.68. The van der Waals surface area contributed by atoms with Crippen LogP contribution in [0.1, 0.15) is 30.1 Å². The molecule has 2 aliphatic rings. The molecule has 0 bridgehead atoms. The highest BCUT2D eigenvalue weighted by Gasteiger charge is 2.35. The predicted molar refractivity (Wildman–Crippen MR) is 167 cm³/mol. The number of halogens is 4. The minimum Gasteiger partial charge on any atom is -0.435 e. The SMILES string of the molecule is CC(=O)N(c1nccc(-n2cc(C=O)c3ccc(F)cc32)n1)c1cc([N+](=O)[O-])c(N2CCC(N3CCOCC3)CC2)nc1OC(F)C(F)F. The molecule has 1 atom stereocenters. The van der Waals surface area contributed by atoms with Gasteiger partial charge in [-0.25, -0.2) is 23.1 Å². The van der Waals surface area contributed by atoms with Gasteiger partial charge in [0.2, 0.25) is 23.6 Å². The number of pyridine rings is 1. The molecule has 4 aromatic rings. The lowest BCUT2D eigenvalue weighted by atomic mass is 10.0. The van der Waals surface area contributed by atoms with E-state index in [0.29, 0.717) is 55.7 Å². The second-order valence-electron chi connectivity index (χ2n) is 11.4. The summed E-state index contributed by atoms with van der Waals surface area (Å²) in [6, 6.07) is 6.21. The van der Waals surface area contributed by atoms with E-state index in [1.54, 1.807) is 4.90 Å². The van der Waals surface area contributed by atoms with Gasteiger partial charge >= 0.3 is 12.1 Å². The summed E-state index contributed by atoms with van der Waals surface area (Å²) in [6.45, 7) is 4.38. The van der Waals surface area contributed by atoms with Crippen molar-refractivity contribution in [1.29, 1.82) is 0 Å². The Morgan fingerprint density at radius 2 is 1.86 bits per heavy atom. The molecule has 258 valence electrons. The van der Waals surface area contributed by atoms with Crippen molar-refractivity contribution in [1.82, 2.24) is 24.4 Å². The third-order valence-electron chi connectivity index (χ3n) is 8.43. The number of nitrogens with zero attached hydrogens (tertiary/aromatic N) is 8. The van der Waals surface area contributed by atoms with Crippen LogP contribution >= 0.6 is 0 Å². The Labute approximate surface area is 276 Å². The molecule has 0 saturated carbocycles. The Hall–Kier alpha value is -5.23. The Morgan fingerprint density at radius 1 is 1.12 bits per heavy atom. The number of fused-ring (bicyclic) bond motifs is 1. The van der Waals surface area contributed by atoms with Crippen molar-refractivity contribution in [3.63, 3.8) is 0 Å². The number of ether oxygens (including phenoxy) is 2. The van der Waals surface area contributed by atoms with Gasteiger partial charge in [-0.05, 0) is 37.1 Å². The summed E-state index contributed by atoms with van der Waals surface area (Å²) < 4.78 is 67.2. The van der Waals surface area contributed by atoms with Gasteiger partial charge in [0.05, 0.1) is 23.7 Å². The van der Waals surface area contributed by atoms with Crippen LogP contribution in [0.25, 0.3) is 16.7 Å². The lowest BCUT2D eigenvalue weighted by Crippen LogP contribution is -2.49. The number of hydrogen-bond acceptors (Lipinski definition) is 11. The average Bonchev–Trinajstić information content (AvgIpc) is 3.47. The van der Waals surface area contributed by atoms with Crippen LogP contribution in [0.2, 0.25) is 0 Å². The number of rotatable bonds is 10. The Balaban J connectivity index is 1.42. The molecule has 49 heavy (non-hydrogen) atoms. The van der Waals surface area contributed by atoms with Crippen LogP contribution in [0.3, 0.4) is 0 Å². The lowest BCUT2D eigenvalue weighted by Gasteiger charge is -2.40. The van der Waals surface area contributed by atoms with Crippen LogP contribution in [0, 0.1) is 15.9 Å². The first-order valence-corrected chi connectivity index (χ1v) is 15.3. The van der Waals surface area contributed by atoms with Crippen LogP contribution in [-0.2, 0) is 9.53 Å². The fourth-order valence-electron chi connectivity index (χ4n) is 6.13.